The standard InChI is InChI=1S/C12H11N3O3S/c1-18-11(16)10-14-8(7-5-3-2-4-6-7)9(19-10)15-12(13)17/h2-6H,1H3,(H3,13,15,17). The number of benzene rings is 1. The van der Waals surface area contributed by atoms with Crippen LogP contribution in [0.25, 0.3) is 11.3 Å². The molecule has 1 aromatic carbocycles. The number of rotatable bonds is 3. The average molecular weight is 277 g/mol. The molecule has 0 spiro atoms. The van der Waals surface area contributed by atoms with Crippen LogP contribution in [0.2, 0.25) is 0 Å². The summed E-state index contributed by atoms with van der Waals surface area (Å²) in [4.78, 5) is 26.6. The fourth-order valence-electron chi connectivity index (χ4n) is 1.48. The van der Waals surface area contributed by atoms with E-state index < -0.39 is 12.0 Å². The largest absolute Gasteiger partial charge is 0.464 e. The van der Waals surface area contributed by atoms with Gasteiger partial charge in [0, 0.05) is 5.56 Å². The smallest absolute Gasteiger partial charge is 0.367 e. The molecule has 0 bridgehead atoms. The van der Waals surface area contributed by atoms with Crippen molar-refractivity contribution in [2.75, 3.05) is 12.4 Å². The average Bonchev–Trinajstić information content (AvgIpc) is 2.82. The molecule has 0 aliphatic carbocycles. The number of nitrogens with zero attached hydrogens (tertiary/aromatic N) is 1. The van der Waals surface area contributed by atoms with Crippen molar-refractivity contribution < 1.29 is 14.3 Å². The summed E-state index contributed by atoms with van der Waals surface area (Å²) in [5, 5.41) is 3.03. The van der Waals surface area contributed by atoms with Gasteiger partial charge in [0.05, 0.1) is 7.11 Å². The highest BCUT2D eigenvalue weighted by Gasteiger charge is 2.19. The van der Waals surface area contributed by atoms with E-state index in [0.717, 1.165) is 16.9 Å². The Morgan fingerprint density at radius 3 is 2.58 bits per heavy atom. The van der Waals surface area contributed by atoms with Crippen molar-refractivity contribution >= 4 is 28.3 Å². The number of hydrogen-bond donors (Lipinski definition) is 2. The van der Waals surface area contributed by atoms with Crippen molar-refractivity contribution in [3.8, 4) is 11.3 Å². The Balaban J connectivity index is 2.48. The van der Waals surface area contributed by atoms with Gasteiger partial charge in [0.25, 0.3) is 0 Å². The first kappa shape index (κ1) is 13.0. The minimum absolute atomic E-state index is 0.158. The maximum Gasteiger partial charge on any atom is 0.367 e. The summed E-state index contributed by atoms with van der Waals surface area (Å²) in [6.07, 6.45) is 0. The van der Waals surface area contributed by atoms with E-state index in [9.17, 15) is 9.59 Å². The van der Waals surface area contributed by atoms with E-state index >= 15 is 0 Å². The van der Waals surface area contributed by atoms with Crippen LogP contribution in [0.4, 0.5) is 9.80 Å². The molecule has 0 atom stereocenters. The predicted octanol–water partition coefficient (Wildman–Crippen LogP) is 2.09. The van der Waals surface area contributed by atoms with Crippen LogP contribution < -0.4 is 11.1 Å². The molecule has 3 N–H and O–H groups in total. The van der Waals surface area contributed by atoms with E-state index in [2.05, 4.69) is 15.0 Å². The van der Waals surface area contributed by atoms with Gasteiger partial charge in [-0.15, -0.1) is 0 Å². The number of esters is 1. The molecule has 0 saturated carbocycles. The molecule has 0 saturated heterocycles. The molecular formula is C12H11N3O3S. The highest BCUT2D eigenvalue weighted by Crippen LogP contribution is 2.33. The number of ether oxygens (including phenoxy) is 1. The summed E-state index contributed by atoms with van der Waals surface area (Å²) in [6.45, 7) is 0. The zero-order valence-electron chi connectivity index (χ0n) is 10.0. The van der Waals surface area contributed by atoms with Crippen molar-refractivity contribution in [3.63, 3.8) is 0 Å². The summed E-state index contributed by atoms with van der Waals surface area (Å²) < 4.78 is 4.61. The van der Waals surface area contributed by atoms with Gasteiger partial charge in [-0.25, -0.2) is 14.6 Å². The SMILES string of the molecule is COC(=O)c1nc(-c2ccccc2)c(NC(N)=O)s1. The third-order valence-electron chi connectivity index (χ3n) is 2.27. The Morgan fingerprint density at radius 1 is 1.32 bits per heavy atom. The predicted molar refractivity (Wildman–Crippen MR) is 72.1 cm³/mol. The molecule has 19 heavy (non-hydrogen) atoms. The number of amides is 2. The second-order valence-corrected chi connectivity index (χ2v) is 4.54. The number of aromatic nitrogens is 1. The lowest BCUT2D eigenvalue weighted by atomic mass is 10.2. The molecule has 2 aromatic rings. The monoisotopic (exact) mass is 277 g/mol. The van der Waals surface area contributed by atoms with Crippen molar-refractivity contribution in [2.45, 2.75) is 0 Å². The van der Waals surface area contributed by atoms with Crippen LogP contribution in [0.1, 0.15) is 9.80 Å². The minimum Gasteiger partial charge on any atom is -0.464 e. The number of nitrogens with one attached hydrogen (secondary N) is 1. The number of carbonyl (C=O) groups excluding carboxylic acids is 2. The van der Waals surface area contributed by atoms with Gasteiger partial charge >= 0.3 is 12.0 Å². The van der Waals surface area contributed by atoms with E-state index in [-0.39, 0.29) is 5.01 Å². The van der Waals surface area contributed by atoms with Crippen LogP contribution in [0, 0.1) is 0 Å². The zero-order chi connectivity index (χ0) is 13.8. The number of primary amides is 1. The number of hydrogen-bond acceptors (Lipinski definition) is 5. The van der Waals surface area contributed by atoms with E-state index in [1.54, 1.807) is 0 Å². The number of urea groups is 1. The number of thiazole rings is 1. The first-order valence-electron chi connectivity index (χ1n) is 5.33. The summed E-state index contributed by atoms with van der Waals surface area (Å²) in [5.74, 6) is -0.556. The molecule has 1 heterocycles. The second-order valence-electron chi connectivity index (χ2n) is 3.54. The molecule has 2 rings (SSSR count). The normalized spacial score (nSPS) is 9.95. The summed E-state index contributed by atoms with van der Waals surface area (Å²) in [6, 6.07) is 8.46. The van der Waals surface area contributed by atoms with Gasteiger partial charge in [0.15, 0.2) is 0 Å². The Kier molecular flexibility index (Phi) is 3.76. The first-order chi connectivity index (χ1) is 9.11. The van der Waals surface area contributed by atoms with Gasteiger partial charge in [-0.2, -0.15) is 0 Å². The number of anilines is 1. The lowest BCUT2D eigenvalue weighted by molar-refractivity contribution is 0.0600. The third kappa shape index (κ3) is 2.89. The highest BCUT2D eigenvalue weighted by atomic mass is 32.1. The number of methoxy groups -OCH3 is 1. The van der Waals surface area contributed by atoms with E-state index in [4.69, 9.17) is 5.73 Å². The lowest BCUT2D eigenvalue weighted by Gasteiger charge is -2.01. The second kappa shape index (κ2) is 5.49. The Hall–Kier alpha value is -2.41. The van der Waals surface area contributed by atoms with Crippen molar-refractivity contribution in [1.29, 1.82) is 0 Å². The van der Waals surface area contributed by atoms with Crippen LogP contribution in [0.5, 0.6) is 0 Å². The maximum absolute atomic E-state index is 11.5. The highest BCUT2D eigenvalue weighted by molar-refractivity contribution is 7.18. The molecule has 0 aliphatic heterocycles. The molecule has 1 aromatic heterocycles. The fraction of sp³-hybridized carbons (Fsp3) is 0.0833. The lowest BCUT2D eigenvalue weighted by Crippen LogP contribution is -2.18. The van der Waals surface area contributed by atoms with E-state index in [1.165, 1.54) is 7.11 Å². The fourth-order valence-corrected chi connectivity index (χ4v) is 2.39. The molecule has 7 heteroatoms. The number of nitrogens with two attached hydrogens (primary N) is 1. The molecule has 2 amide bonds. The van der Waals surface area contributed by atoms with Gasteiger partial charge in [-0.1, -0.05) is 41.7 Å². The summed E-state index contributed by atoms with van der Waals surface area (Å²) in [7, 11) is 1.27. The van der Waals surface area contributed by atoms with Crippen molar-refractivity contribution in [2.24, 2.45) is 5.73 Å². The van der Waals surface area contributed by atoms with Gasteiger partial charge in [-0.3, -0.25) is 5.32 Å². The minimum atomic E-state index is -0.711. The molecule has 0 radical (unpaired) electrons. The maximum atomic E-state index is 11.5. The van der Waals surface area contributed by atoms with Gasteiger partial charge in [0.1, 0.15) is 10.7 Å². The zero-order valence-corrected chi connectivity index (χ0v) is 10.9. The molecule has 0 fully saturated rings. The Labute approximate surface area is 113 Å². The summed E-state index contributed by atoms with van der Waals surface area (Å²) in [5.41, 5.74) is 6.37. The molecule has 0 unspecified atom stereocenters. The van der Waals surface area contributed by atoms with E-state index in [1.807, 2.05) is 30.3 Å². The molecule has 6 nitrogen and oxygen atoms in total. The Bertz CT molecular complexity index is 610. The van der Waals surface area contributed by atoms with Gasteiger partial charge < -0.3 is 10.5 Å². The van der Waals surface area contributed by atoms with Crippen molar-refractivity contribution in [3.05, 3.63) is 35.3 Å². The quantitative estimate of drug-likeness (QED) is 0.840. The van der Waals surface area contributed by atoms with Crippen LogP contribution in [-0.4, -0.2) is 24.1 Å². The topological polar surface area (TPSA) is 94.3 Å². The van der Waals surface area contributed by atoms with E-state index in [0.29, 0.717) is 10.7 Å². The van der Waals surface area contributed by atoms with Crippen LogP contribution >= 0.6 is 11.3 Å². The van der Waals surface area contributed by atoms with Gasteiger partial charge in [0.2, 0.25) is 5.01 Å². The molecular weight excluding hydrogens is 266 g/mol. The van der Waals surface area contributed by atoms with Gasteiger partial charge in [-0.05, 0) is 0 Å². The van der Waals surface area contributed by atoms with Crippen molar-refractivity contribution in [1.82, 2.24) is 4.98 Å². The van der Waals surface area contributed by atoms with Crippen LogP contribution in [0.15, 0.2) is 30.3 Å². The summed E-state index contributed by atoms with van der Waals surface area (Å²) >= 11 is 1.02. The molecule has 0 aliphatic rings. The van der Waals surface area contributed by atoms with Crippen LogP contribution in [-0.2, 0) is 4.74 Å². The van der Waals surface area contributed by atoms with Crippen LogP contribution in [0.3, 0.4) is 0 Å². The number of carbonyl (C=O) groups is 2. The Morgan fingerprint density at radius 2 is 2.00 bits per heavy atom. The molecule has 98 valence electrons. The third-order valence-corrected chi connectivity index (χ3v) is 3.22. The first-order valence-corrected chi connectivity index (χ1v) is 6.14.